The lowest BCUT2D eigenvalue weighted by atomic mass is 9.81. The predicted octanol–water partition coefficient (Wildman–Crippen LogP) is 2.03. The minimum absolute atomic E-state index is 0.0153. The van der Waals surface area contributed by atoms with Crippen molar-refractivity contribution < 1.29 is 9.84 Å². The Balaban J connectivity index is 3.32. The molecule has 17 heavy (non-hydrogen) atoms. The van der Waals surface area contributed by atoms with Gasteiger partial charge in [-0.3, -0.25) is 0 Å². The second-order valence-corrected chi connectivity index (χ2v) is 5.04. The van der Waals surface area contributed by atoms with Gasteiger partial charge >= 0.3 is 0 Å². The van der Waals surface area contributed by atoms with Gasteiger partial charge in [0.2, 0.25) is 0 Å². The molecule has 0 bridgehead atoms. The molecule has 0 amide bonds. The topological polar surface area (TPSA) is 55.5 Å². The highest BCUT2D eigenvalue weighted by Crippen LogP contribution is 2.33. The van der Waals surface area contributed by atoms with E-state index in [0.717, 1.165) is 11.3 Å². The highest BCUT2D eigenvalue weighted by atomic mass is 16.5. The van der Waals surface area contributed by atoms with Gasteiger partial charge in [-0.15, -0.1) is 0 Å². The van der Waals surface area contributed by atoms with E-state index in [1.165, 1.54) is 5.56 Å². The molecule has 1 aromatic rings. The maximum atomic E-state index is 9.55. The number of hydrogen-bond acceptors (Lipinski definition) is 3. The first-order chi connectivity index (χ1) is 7.98. The molecular weight excluding hydrogens is 214 g/mol. The molecule has 1 rings (SSSR count). The van der Waals surface area contributed by atoms with E-state index in [4.69, 9.17) is 10.5 Å². The quantitative estimate of drug-likeness (QED) is 0.824. The van der Waals surface area contributed by atoms with Crippen LogP contribution >= 0.6 is 0 Å². The number of aliphatic hydroxyl groups is 1. The van der Waals surface area contributed by atoms with E-state index in [-0.39, 0.29) is 6.61 Å². The van der Waals surface area contributed by atoms with Crippen LogP contribution in [0.4, 0.5) is 0 Å². The van der Waals surface area contributed by atoms with Crippen molar-refractivity contribution in [1.82, 2.24) is 0 Å². The van der Waals surface area contributed by atoms with Gasteiger partial charge in [-0.2, -0.15) is 0 Å². The average molecular weight is 237 g/mol. The van der Waals surface area contributed by atoms with Gasteiger partial charge in [-0.05, 0) is 17.5 Å². The molecule has 0 heterocycles. The minimum atomic E-state index is -0.448. The Hall–Kier alpha value is -1.06. The highest BCUT2D eigenvalue weighted by molar-refractivity contribution is 5.43. The SMILES string of the molecule is COc1ccc(C(C)C)cc1C(C)(CN)CO. The van der Waals surface area contributed by atoms with E-state index in [1.54, 1.807) is 7.11 Å². The summed E-state index contributed by atoms with van der Waals surface area (Å²) in [7, 11) is 1.64. The number of rotatable bonds is 5. The molecule has 0 aliphatic heterocycles. The summed E-state index contributed by atoms with van der Waals surface area (Å²) >= 11 is 0. The average Bonchev–Trinajstić information content (AvgIpc) is 2.36. The Morgan fingerprint density at radius 1 is 1.41 bits per heavy atom. The van der Waals surface area contributed by atoms with Crippen molar-refractivity contribution in [2.45, 2.75) is 32.1 Å². The second kappa shape index (κ2) is 5.52. The first kappa shape index (κ1) is 14.0. The molecule has 0 fully saturated rings. The summed E-state index contributed by atoms with van der Waals surface area (Å²) in [6.07, 6.45) is 0. The molecule has 0 saturated heterocycles. The largest absolute Gasteiger partial charge is 0.496 e. The van der Waals surface area contributed by atoms with Crippen LogP contribution in [0.25, 0.3) is 0 Å². The Morgan fingerprint density at radius 3 is 2.47 bits per heavy atom. The summed E-state index contributed by atoms with van der Waals surface area (Å²) in [4.78, 5) is 0. The van der Waals surface area contributed by atoms with Crippen LogP contribution in [0, 0.1) is 0 Å². The van der Waals surface area contributed by atoms with E-state index in [9.17, 15) is 5.11 Å². The van der Waals surface area contributed by atoms with Gasteiger partial charge in [0.05, 0.1) is 13.7 Å². The van der Waals surface area contributed by atoms with E-state index < -0.39 is 5.41 Å². The van der Waals surface area contributed by atoms with E-state index in [1.807, 2.05) is 13.0 Å². The van der Waals surface area contributed by atoms with Crippen molar-refractivity contribution in [3.8, 4) is 5.75 Å². The molecule has 0 aromatic heterocycles. The zero-order chi connectivity index (χ0) is 13.1. The first-order valence-corrected chi connectivity index (χ1v) is 5.98. The zero-order valence-electron chi connectivity index (χ0n) is 11.2. The number of benzene rings is 1. The molecule has 0 aliphatic rings. The highest BCUT2D eigenvalue weighted by Gasteiger charge is 2.28. The molecular formula is C14H23NO2. The first-order valence-electron chi connectivity index (χ1n) is 5.98. The summed E-state index contributed by atoms with van der Waals surface area (Å²) in [5.41, 5.74) is 7.55. The summed E-state index contributed by atoms with van der Waals surface area (Å²) in [6.45, 7) is 6.65. The number of nitrogens with two attached hydrogens (primary N) is 1. The van der Waals surface area contributed by atoms with Crippen LogP contribution in [-0.4, -0.2) is 25.4 Å². The van der Waals surface area contributed by atoms with Gasteiger partial charge in [0.15, 0.2) is 0 Å². The minimum Gasteiger partial charge on any atom is -0.496 e. The fraction of sp³-hybridized carbons (Fsp3) is 0.571. The van der Waals surface area contributed by atoms with E-state index >= 15 is 0 Å². The van der Waals surface area contributed by atoms with Crippen molar-refractivity contribution in [3.63, 3.8) is 0 Å². The molecule has 96 valence electrons. The Labute approximate surface area is 104 Å². The van der Waals surface area contributed by atoms with Crippen LogP contribution in [0.2, 0.25) is 0 Å². The molecule has 0 aliphatic carbocycles. The molecule has 0 saturated carbocycles. The summed E-state index contributed by atoms with van der Waals surface area (Å²) in [5, 5.41) is 9.55. The third-order valence-corrected chi connectivity index (χ3v) is 3.34. The maximum Gasteiger partial charge on any atom is 0.122 e. The van der Waals surface area contributed by atoms with Crippen LogP contribution in [0.1, 0.15) is 37.8 Å². The third kappa shape index (κ3) is 2.79. The monoisotopic (exact) mass is 237 g/mol. The van der Waals surface area contributed by atoms with Crippen molar-refractivity contribution in [2.24, 2.45) is 5.73 Å². The van der Waals surface area contributed by atoms with Gasteiger partial charge in [0.25, 0.3) is 0 Å². The van der Waals surface area contributed by atoms with E-state index in [2.05, 4.69) is 26.0 Å². The molecule has 3 nitrogen and oxygen atoms in total. The van der Waals surface area contributed by atoms with Gasteiger partial charge in [0, 0.05) is 17.5 Å². The summed E-state index contributed by atoms with van der Waals surface area (Å²) in [6, 6.07) is 6.10. The number of hydrogen-bond donors (Lipinski definition) is 2. The number of methoxy groups -OCH3 is 1. The standard InChI is InChI=1S/C14H23NO2/c1-10(2)11-5-6-13(17-4)12(7-11)14(3,8-15)9-16/h5-7,10,16H,8-9,15H2,1-4H3. The van der Waals surface area contributed by atoms with Crippen molar-refractivity contribution in [1.29, 1.82) is 0 Å². The Bertz CT molecular complexity index is 370. The van der Waals surface area contributed by atoms with E-state index in [0.29, 0.717) is 12.5 Å². The Morgan fingerprint density at radius 2 is 2.06 bits per heavy atom. The van der Waals surface area contributed by atoms with Crippen LogP contribution < -0.4 is 10.5 Å². The third-order valence-electron chi connectivity index (χ3n) is 3.34. The molecule has 3 N–H and O–H groups in total. The lowest BCUT2D eigenvalue weighted by Crippen LogP contribution is -2.36. The number of aliphatic hydroxyl groups excluding tert-OH is 1. The van der Waals surface area contributed by atoms with Gasteiger partial charge in [0.1, 0.15) is 5.75 Å². The van der Waals surface area contributed by atoms with Crippen molar-refractivity contribution >= 4 is 0 Å². The molecule has 0 radical (unpaired) electrons. The zero-order valence-corrected chi connectivity index (χ0v) is 11.2. The van der Waals surface area contributed by atoms with Crippen LogP contribution in [0.3, 0.4) is 0 Å². The van der Waals surface area contributed by atoms with Gasteiger partial charge < -0.3 is 15.6 Å². The lowest BCUT2D eigenvalue weighted by Gasteiger charge is -2.28. The smallest absolute Gasteiger partial charge is 0.122 e. The maximum absolute atomic E-state index is 9.55. The van der Waals surface area contributed by atoms with Gasteiger partial charge in [-0.1, -0.05) is 32.9 Å². The second-order valence-electron chi connectivity index (χ2n) is 5.04. The molecule has 1 unspecified atom stereocenters. The van der Waals surface area contributed by atoms with Crippen LogP contribution in [0.5, 0.6) is 5.75 Å². The van der Waals surface area contributed by atoms with Gasteiger partial charge in [-0.25, -0.2) is 0 Å². The number of ether oxygens (including phenoxy) is 1. The normalized spacial score (nSPS) is 14.8. The molecule has 1 atom stereocenters. The van der Waals surface area contributed by atoms with Crippen LogP contribution in [-0.2, 0) is 5.41 Å². The van der Waals surface area contributed by atoms with Crippen molar-refractivity contribution in [2.75, 3.05) is 20.3 Å². The summed E-state index contributed by atoms with van der Waals surface area (Å²) in [5.74, 6) is 1.23. The van der Waals surface area contributed by atoms with Crippen molar-refractivity contribution in [3.05, 3.63) is 29.3 Å². The summed E-state index contributed by atoms with van der Waals surface area (Å²) < 4.78 is 5.36. The fourth-order valence-electron chi connectivity index (χ4n) is 1.82. The lowest BCUT2D eigenvalue weighted by molar-refractivity contribution is 0.206. The Kier molecular flexibility index (Phi) is 4.54. The van der Waals surface area contributed by atoms with Crippen LogP contribution in [0.15, 0.2) is 18.2 Å². The predicted molar refractivity (Wildman–Crippen MR) is 70.6 cm³/mol. The molecule has 3 heteroatoms. The molecule has 1 aromatic carbocycles. The fourth-order valence-corrected chi connectivity index (χ4v) is 1.82. The molecule has 0 spiro atoms.